The Balaban J connectivity index is 2.05. The van der Waals surface area contributed by atoms with Gasteiger partial charge in [0.25, 0.3) is 0 Å². The number of carbonyl (C=O) groups is 1. The summed E-state index contributed by atoms with van der Waals surface area (Å²) in [7, 11) is 0. The number of rotatable bonds is 1. The molecule has 0 aromatic rings. The normalized spacial score (nSPS) is 36.9. The lowest BCUT2D eigenvalue weighted by molar-refractivity contribution is -0.119. The molecule has 0 saturated carbocycles. The number of hydrogen-bond acceptors (Lipinski definition) is 2. The molecule has 80 valence electrons. The average Bonchev–Trinajstić information content (AvgIpc) is 2.41. The lowest BCUT2D eigenvalue weighted by atomic mass is 9.76. The van der Waals surface area contributed by atoms with Gasteiger partial charge in [-0.3, -0.25) is 4.79 Å². The van der Waals surface area contributed by atoms with Gasteiger partial charge in [0, 0.05) is 25.2 Å². The summed E-state index contributed by atoms with van der Waals surface area (Å²) in [4.78, 5) is 11.4. The van der Waals surface area contributed by atoms with Gasteiger partial charge in [-0.15, -0.1) is 0 Å². The Morgan fingerprint density at radius 1 is 1.50 bits per heavy atom. The van der Waals surface area contributed by atoms with Crippen molar-refractivity contribution in [2.45, 2.75) is 38.6 Å². The van der Waals surface area contributed by atoms with Crippen LogP contribution in [0.15, 0.2) is 0 Å². The standard InChI is InChI=1S/C11H19NO2/c1-11(2)9(6-10(13)12-11)8-4-3-5-14-7-8/h8-9H,3-7H2,1-2H3,(H,12,13). The quantitative estimate of drug-likeness (QED) is 0.688. The van der Waals surface area contributed by atoms with Gasteiger partial charge >= 0.3 is 0 Å². The van der Waals surface area contributed by atoms with E-state index in [1.807, 2.05) is 0 Å². The Kier molecular flexibility index (Phi) is 2.52. The van der Waals surface area contributed by atoms with Gasteiger partial charge in [-0.05, 0) is 38.5 Å². The van der Waals surface area contributed by atoms with E-state index >= 15 is 0 Å². The Labute approximate surface area is 85.2 Å². The molecule has 0 aromatic carbocycles. The van der Waals surface area contributed by atoms with Crippen LogP contribution >= 0.6 is 0 Å². The second-order valence-corrected chi connectivity index (χ2v) is 5.06. The summed E-state index contributed by atoms with van der Waals surface area (Å²) in [5.41, 5.74) is -0.0392. The first-order chi connectivity index (χ1) is 6.59. The zero-order valence-electron chi connectivity index (χ0n) is 9.01. The molecule has 2 unspecified atom stereocenters. The maximum Gasteiger partial charge on any atom is 0.220 e. The number of carbonyl (C=O) groups excluding carboxylic acids is 1. The second-order valence-electron chi connectivity index (χ2n) is 5.06. The van der Waals surface area contributed by atoms with Crippen molar-refractivity contribution in [2.24, 2.45) is 11.8 Å². The second kappa shape index (κ2) is 3.54. The molecule has 2 atom stereocenters. The van der Waals surface area contributed by atoms with Gasteiger partial charge in [-0.2, -0.15) is 0 Å². The smallest absolute Gasteiger partial charge is 0.220 e. The summed E-state index contributed by atoms with van der Waals surface area (Å²) in [6.07, 6.45) is 3.04. The molecule has 2 heterocycles. The Morgan fingerprint density at radius 2 is 2.29 bits per heavy atom. The van der Waals surface area contributed by atoms with Crippen molar-refractivity contribution in [3.63, 3.8) is 0 Å². The van der Waals surface area contributed by atoms with Crippen LogP contribution in [0.5, 0.6) is 0 Å². The topological polar surface area (TPSA) is 38.3 Å². The summed E-state index contributed by atoms with van der Waals surface area (Å²) >= 11 is 0. The fraction of sp³-hybridized carbons (Fsp3) is 0.909. The molecule has 3 heteroatoms. The molecule has 14 heavy (non-hydrogen) atoms. The van der Waals surface area contributed by atoms with Crippen LogP contribution in [0.1, 0.15) is 33.1 Å². The summed E-state index contributed by atoms with van der Waals surface area (Å²) in [6.45, 7) is 5.97. The van der Waals surface area contributed by atoms with Gasteiger partial charge in [0.05, 0.1) is 0 Å². The molecular weight excluding hydrogens is 178 g/mol. The highest BCUT2D eigenvalue weighted by Gasteiger charge is 2.43. The largest absolute Gasteiger partial charge is 0.381 e. The molecule has 2 rings (SSSR count). The van der Waals surface area contributed by atoms with Crippen molar-refractivity contribution in [3.8, 4) is 0 Å². The van der Waals surface area contributed by atoms with E-state index in [4.69, 9.17) is 4.74 Å². The van der Waals surface area contributed by atoms with Gasteiger partial charge in [0.15, 0.2) is 0 Å². The average molecular weight is 197 g/mol. The molecule has 2 fully saturated rings. The zero-order chi connectivity index (χ0) is 10.2. The van der Waals surface area contributed by atoms with E-state index in [2.05, 4.69) is 19.2 Å². The fourth-order valence-electron chi connectivity index (χ4n) is 2.80. The predicted molar refractivity (Wildman–Crippen MR) is 53.9 cm³/mol. The Bertz CT molecular complexity index is 231. The van der Waals surface area contributed by atoms with Crippen LogP contribution in [0, 0.1) is 11.8 Å². The third kappa shape index (κ3) is 1.78. The molecule has 1 amide bonds. The lowest BCUT2D eigenvalue weighted by Crippen LogP contribution is -2.43. The summed E-state index contributed by atoms with van der Waals surface area (Å²) < 4.78 is 5.48. The zero-order valence-corrected chi connectivity index (χ0v) is 9.01. The molecule has 0 aromatic heterocycles. The number of amides is 1. The highest BCUT2D eigenvalue weighted by Crippen LogP contribution is 2.36. The van der Waals surface area contributed by atoms with Crippen LogP contribution < -0.4 is 5.32 Å². The minimum atomic E-state index is -0.0392. The summed E-state index contributed by atoms with van der Waals surface area (Å²) in [5.74, 6) is 1.22. The molecule has 3 nitrogen and oxygen atoms in total. The first-order valence-corrected chi connectivity index (χ1v) is 5.48. The van der Waals surface area contributed by atoms with Crippen molar-refractivity contribution in [2.75, 3.05) is 13.2 Å². The molecule has 2 saturated heterocycles. The molecule has 2 aliphatic heterocycles. The molecule has 0 radical (unpaired) electrons. The molecule has 0 bridgehead atoms. The summed E-state index contributed by atoms with van der Waals surface area (Å²) in [6, 6.07) is 0. The SMILES string of the molecule is CC1(C)NC(=O)CC1C1CCCOC1. The maximum atomic E-state index is 11.4. The molecular formula is C11H19NO2. The monoisotopic (exact) mass is 197 g/mol. The van der Waals surface area contributed by atoms with E-state index in [0.717, 1.165) is 19.6 Å². The van der Waals surface area contributed by atoms with Crippen molar-refractivity contribution < 1.29 is 9.53 Å². The first kappa shape index (κ1) is 9.97. The molecule has 2 aliphatic rings. The van der Waals surface area contributed by atoms with Crippen LogP contribution in [0.3, 0.4) is 0 Å². The van der Waals surface area contributed by atoms with Crippen molar-refractivity contribution >= 4 is 5.91 Å². The molecule has 0 spiro atoms. The fourth-order valence-corrected chi connectivity index (χ4v) is 2.80. The van der Waals surface area contributed by atoms with Crippen molar-refractivity contribution in [3.05, 3.63) is 0 Å². The Morgan fingerprint density at radius 3 is 2.79 bits per heavy atom. The van der Waals surface area contributed by atoms with Crippen molar-refractivity contribution in [1.82, 2.24) is 5.32 Å². The van der Waals surface area contributed by atoms with Gasteiger partial charge in [0.2, 0.25) is 5.91 Å². The first-order valence-electron chi connectivity index (χ1n) is 5.48. The third-order valence-electron chi connectivity index (χ3n) is 3.56. The van der Waals surface area contributed by atoms with E-state index in [0.29, 0.717) is 18.3 Å². The predicted octanol–water partition coefficient (Wildman–Crippen LogP) is 1.33. The van der Waals surface area contributed by atoms with E-state index < -0.39 is 0 Å². The maximum absolute atomic E-state index is 11.4. The number of hydrogen-bond donors (Lipinski definition) is 1. The van der Waals surface area contributed by atoms with Crippen LogP contribution in [0.4, 0.5) is 0 Å². The number of nitrogens with one attached hydrogen (secondary N) is 1. The molecule has 1 N–H and O–H groups in total. The Hall–Kier alpha value is -0.570. The van der Waals surface area contributed by atoms with Gasteiger partial charge in [-0.25, -0.2) is 0 Å². The summed E-state index contributed by atoms with van der Waals surface area (Å²) in [5, 5.41) is 3.05. The highest BCUT2D eigenvalue weighted by molar-refractivity contribution is 5.79. The van der Waals surface area contributed by atoms with Crippen molar-refractivity contribution in [1.29, 1.82) is 0 Å². The van der Waals surface area contributed by atoms with E-state index in [1.165, 1.54) is 6.42 Å². The number of ether oxygens (including phenoxy) is 1. The lowest BCUT2D eigenvalue weighted by Gasteiger charge is -2.35. The van der Waals surface area contributed by atoms with Crippen LogP contribution in [-0.4, -0.2) is 24.7 Å². The minimum Gasteiger partial charge on any atom is -0.381 e. The minimum absolute atomic E-state index is 0.0392. The van der Waals surface area contributed by atoms with Gasteiger partial charge in [0.1, 0.15) is 0 Å². The highest BCUT2D eigenvalue weighted by atomic mass is 16.5. The van der Waals surface area contributed by atoms with E-state index in [9.17, 15) is 4.79 Å². The van der Waals surface area contributed by atoms with Gasteiger partial charge in [-0.1, -0.05) is 0 Å². The van der Waals surface area contributed by atoms with Crippen LogP contribution in [0.25, 0.3) is 0 Å². The van der Waals surface area contributed by atoms with E-state index in [1.54, 1.807) is 0 Å². The van der Waals surface area contributed by atoms with Crippen LogP contribution in [-0.2, 0) is 9.53 Å². The van der Waals surface area contributed by atoms with Crippen LogP contribution in [0.2, 0.25) is 0 Å². The molecule has 0 aliphatic carbocycles. The van der Waals surface area contributed by atoms with Gasteiger partial charge < -0.3 is 10.1 Å². The third-order valence-corrected chi connectivity index (χ3v) is 3.56. The van der Waals surface area contributed by atoms with E-state index in [-0.39, 0.29) is 11.4 Å².